The third-order valence-corrected chi connectivity index (χ3v) is 4.83. The number of Topliss-reactive ketones (excluding diaryl/α,β-unsaturated/α-hetero) is 1. The van der Waals surface area contributed by atoms with Gasteiger partial charge < -0.3 is 4.74 Å². The maximum atomic E-state index is 13.4. The highest BCUT2D eigenvalue weighted by molar-refractivity contribution is 7.92. The Bertz CT molecular complexity index is 577. The van der Waals surface area contributed by atoms with E-state index in [2.05, 4.69) is 0 Å². The van der Waals surface area contributed by atoms with Crippen LogP contribution in [0.4, 0.5) is 4.39 Å². The van der Waals surface area contributed by atoms with Gasteiger partial charge in [0.1, 0.15) is 11.6 Å². The Balaban J connectivity index is 1.92. The summed E-state index contributed by atoms with van der Waals surface area (Å²) in [5, 5.41) is 0. The van der Waals surface area contributed by atoms with E-state index in [9.17, 15) is 17.6 Å². The van der Waals surface area contributed by atoms with Crippen molar-refractivity contribution in [3.8, 4) is 0 Å². The minimum absolute atomic E-state index is 0.129. The lowest BCUT2D eigenvalue weighted by molar-refractivity contribution is -0.116. The van der Waals surface area contributed by atoms with Gasteiger partial charge in [-0.15, -0.1) is 0 Å². The predicted octanol–water partition coefficient (Wildman–Crippen LogP) is 1.53. The van der Waals surface area contributed by atoms with E-state index in [4.69, 9.17) is 4.74 Å². The highest BCUT2D eigenvalue weighted by Crippen LogP contribution is 2.15. The lowest BCUT2D eigenvalue weighted by atomic mass is 10.1. The molecule has 2 rings (SSSR count). The summed E-state index contributed by atoms with van der Waals surface area (Å²) < 4.78 is 42.4. The van der Waals surface area contributed by atoms with Crippen LogP contribution in [0, 0.1) is 5.82 Å². The van der Waals surface area contributed by atoms with Crippen LogP contribution in [0.5, 0.6) is 0 Å². The van der Waals surface area contributed by atoms with Crippen molar-refractivity contribution in [1.29, 1.82) is 0 Å². The smallest absolute Gasteiger partial charge is 0.159 e. The van der Waals surface area contributed by atoms with Gasteiger partial charge in [0.25, 0.3) is 0 Å². The van der Waals surface area contributed by atoms with Crippen molar-refractivity contribution in [2.45, 2.75) is 25.4 Å². The third kappa shape index (κ3) is 4.38. The molecule has 20 heavy (non-hydrogen) atoms. The average molecular weight is 300 g/mol. The summed E-state index contributed by atoms with van der Waals surface area (Å²) in [5.41, 5.74) is 0.227. The fourth-order valence-corrected chi connectivity index (χ4v) is 3.81. The van der Waals surface area contributed by atoms with Crippen molar-refractivity contribution in [1.82, 2.24) is 0 Å². The number of hydrogen-bond donors (Lipinski definition) is 0. The van der Waals surface area contributed by atoms with Gasteiger partial charge in [-0.3, -0.25) is 4.79 Å². The van der Waals surface area contributed by atoms with Crippen molar-refractivity contribution in [3.05, 3.63) is 35.6 Å². The van der Waals surface area contributed by atoms with Gasteiger partial charge in [-0.1, -0.05) is 18.2 Å². The molecule has 1 aliphatic rings. The number of hydrogen-bond acceptors (Lipinski definition) is 4. The number of carbonyl (C=O) groups excluding carboxylic acids is 1. The summed E-state index contributed by atoms with van der Waals surface area (Å²) in [7, 11) is -3.49. The van der Waals surface area contributed by atoms with Crippen LogP contribution in [-0.2, 0) is 25.8 Å². The van der Waals surface area contributed by atoms with Crippen molar-refractivity contribution in [2.75, 3.05) is 18.1 Å². The molecule has 1 aromatic carbocycles. The maximum absolute atomic E-state index is 13.4. The standard InChI is InChI=1S/C14H17FO4S/c15-14-6-2-1-4-11(14)8-12(16)9-20(17,18)10-13-5-3-7-19-13/h1-2,4,6,13H,3,5,7-10H2. The van der Waals surface area contributed by atoms with Gasteiger partial charge in [-0.05, 0) is 24.5 Å². The zero-order valence-electron chi connectivity index (χ0n) is 11.0. The number of sulfone groups is 1. The van der Waals surface area contributed by atoms with Crippen molar-refractivity contribution < 1.29 is 22.3 Å². The van der Waals surface area contributed by atoms with E-state index in [-0.39, 0.29) is 23.8 Å². The normalized spacial score (nSPS) is 19.1. The lowest BCUT2D eigenvalue weighted by Crippen LogP contribution is -2.27. The third-order valence-electron chi connectivity index (χ3n) is 3.19. The molecule has 1 aliphatic heterocycles. The number of halogens is 1. The molecular formula is C14H17FO4S. The molecule has 1 unspecified atom stereocenters. The van der Waals surface area contributed by atoms with E-state index >= 15 is 0 Å². The molecule has 0 N–H and O–H groups in total. The van der Waals surface area contributed by atoms with Crippen molar-refractivity contribution >= 4 is 15.6 Å². The molecule has 0 amide bonds. The van der Waals surface area contributed by atoms with Crippen LogP contribution in [0.2, 0.25) is 0 Å². The molecule has 0 radical (unpaired) electrons. The minimum Gasteiger partial charge on any atom is -0.377 e. The van der Waals surface area contributed by atoms with E-state index < -0.39 is 27.2 Å². The van der Waals surface area contributed by atoms with Gasteiger partial charge in [0.2, 0.25) is 0 Å². The molecule has 1 atom stereocenters. The predicted molar refractivity (Wildman–Crippen MR) is 72.7 cm³/mol. The number of ketones is 1. The fourth-order valence-electron chi connectivity index (χ4n) is 2.27. The summed E-state index contributed by atoms with van der Waals surface area (Å²) in [5.74, 6) is -1.66. The molecule has 4 nitrogen and oxygen atoms in total. The van der Waals surface area contributed by atoms with Gasteiger partial charge in [0, 0.05) is 13.0 Å². The Kier molecular flexibility index (Phi) is 4.88. The topological polar surface area (TPSA) is 60.4 Å². The highest BCUT2D eigenvalue weighted by atomic mass is 32.2. The number of ether oxygens (including phenoxy) is 1. The maximum Gasteiger partial charge on any atom is 0.159 e. The first kappa shape index (κ1) is 15.1. The first-order valence-corrected chi connectivity index (χ1v) is 8.35. The Labute approximate surface area is 117 Å². The minimum atomic E-state index is -3.49. The Morgan fingerprint density at radius 3 is 2.75 bits per heavy atom. The summed E-state index contributed by atoms with van der Waals surface area (Å²) >= 11 is 0. The van der Waals surface area contributed by atoms with Gasteiger partial charge in [0.15, 0.2) is 15.6 Å². The van der Waals surface area contributed by atoms with Gasteiger partial charge in [0.05, 0.1) is 11.9 Å². The van der Waals surface area contributed by atoms with E-state index in [1.165, 1.54) is 18.2 Å². The quantitative estimate of drug-likeness (QED) is 0.799. The summed E-state index contributed by atoms with van der Waals surface area (Å²) in [6.07, 6.45) is 1.06. The first-order valence-electron chi connectivity index (χ1n) is 6.53. The van der Waals surface area contributed by atoms with Crippen LogP contribution in [0.25, 0.3) is 0 Å². The van der Waals surface area contributed by atoms with Crippen LogP contribution < -0.4 is 0 Å². The molecule has 0 spiro atoms. The van der Waals surface area contributed by atoms with Gasteiger partial charge in [-0.2, -0.15) is 0 Å². The molecule has 0 saturated carbocycles. The number of rotatable bonds is 6. The molecule has 0 bridgehead atoms. The Hall–Kier alpha value is -1.27. The highest BCUT2D eigenvalue weighted by Gasteiger charge is 2.25. The molecule has 1 heterocycles. The Morgan fingerprint density at radius 2 is 2.10 bits per heavy atom. The van der Waals surface area contributed by atoms with Crippen LogP contribution in [0.15, 0.2) is 24.3 Å². The Morgan fingerprint density at radius 1 is 1.35 bits per heavy atom. The number of benzene rings is 1. The van der Waals surface area contributed by atoms with E-state index in [1.54, 1.807) is 6.07 Å². The second kappa shape index (κ2) is 6.45. The van der Waals surface area contributed by atoms with Crippen molar-refractivity contribution in [3.63, 3.8) is 0 Å². The molecular weight excluding hydrogens is 283 g/mol. The van der Waals surface area contributed by atoms with E-state index in [0.29, 0.717) is 13.0 Å². The summed E-state index contributed by atoms with van der Waals surface area (Å²) in [6, 6.07) is 5.88. The first-order chi connectivity index (χ1) is 9.46. The molecule has 1 fully saturated rings. The SMILES string of the molecule is O=C(Cc1ccccc1F)CS(=O)(=O)CC1CCCO1. The molecule has 1 saturated heterocycles. The second-order valence-electron chi connectivity index (χ2n) is 5.00. The molecule has 0 aromatic heterocycles. The molecule has 6 heteroatoms. The van der Waals surface area contributed by atoms with Crippen LogP contribution >= 0.6 is 0 Å². The summed E-state index contributed by atoms with van der Waals surface area (Å²) in [4.78, 5) is 11.8. The average Bonchev–Trinajstić information content (AvgIpc) is 2.83. The van der Waals surface area contributed by atoms with Crippen LogP contribution in [0.3, 0.4) is 0 Å². The van der Waals surface area contributed by atoms with E-state index in [1.807, 2.05) is 0 Å². The van der Waals surface area contributed by atoms with Gasteiger partial charge >= 0.3 is 0 Å². The van der Waals surface area contributed by atoms with Crippen molar-refractivity contribution in [2.24, 2.45) is 0 Å². The monoisotopic (exact) mass is 300 g/mol. The zero-order chi connectivity index (χ0) is 14.6. The lowest BCUT2D eigenvalue weighted by Gasteiger charge is -2.09. The molecule has 0 aliphatic carbocycles. The second-order valence-corrected chi connectivity index (χ2v) is 7.11. The largest absolute Gasteiger partial charge is 0.377 e. The number of carbonyl (C=O) groups is 1. The van der Waals surface area contributed by atoms with Crippen LogP contribution in [0.1, 0.15) is 18.4 Å². The fraction of sp³-hybridized carbons (Fsp3) is 0.500. The summed E-state index contributed by atoms with van der Waals surface area (Å²) in [6.45, 7) is 0.573. The molecule has 1 aromatic rings. The van der Waals surface area contributed by atoms with Crippen LogP contribution in [-0.4, -0.2) is 38.4 Å². The zero-order valence-corrected chi connectivity index (χ0v) is 11.9. The van der Waals surface area contributed by atoms with E-state index in [0.717, 1.165) is 6.42 Å². The van der Waals surface area contributed by atoms with Gasteiger partial charge in [-0.25, -0.2) is 12.8 Å². The molecule has 110 valence electrons.